The molecule has 0 aliphatic carbocycles. The smallest absolute Gasteiger partial charge is 0.411 e. The van der Waals surface area contributed by atoms with Crippen LogP contribution in [0.15, 0.2) is 24.3 Å². The molecule has 0 bridgehead atoms. The van der Waals surface area contributed by atoms with Crippen LogP contribution < -0.4 is 0 Å². The number of alkyl halides is 4. The van der Waals surface area contributed by atoms with Gasteiger partial charge in [-0.3, -0.25) is 29.1 Å². The molecule has 0 saturated carbocycles. The second-order valence-corrected chi connectivity index (χ2v) is 8.49. The Balaban J connectivity index is 2.07. The molecule has 0 radical (unpaired) electrons. The van der Waals surface area contributed by atoms with E-state index in [2.05, 4.69) is 0 Å². The SMILES string of the molecule is O=C(O)CN1CCN(CC(=O)O)CCN(Cc2ccc(CC(=O)C(F)(F)C(F)(F)C(=O)O)cc2)CC1. The summed E-state index contributed by atoms with van der Waals surface area (Å²) < 4.78 is 53.8. The standard InChI is InChI=1S/C22H27F4N3O7/c23-21(24,22(25,26)20(35)36)17(30)11-15-1-3-16(4-2-15)12-27-5-7-28(13-18(31)32)9-10-29(8-6-27)14-19(33)34/h1-4H,5-14H2,(H,31,32)(H,33,34)(H,35,36). The predicted octanol–water partition coefficient (Wildman–Crippen LogP) is 0.742. The highest BCUT2D eigenvalue weighted by atomic mass is 19.3. The maximum Gasteiger partial charge on any atom is 0.411 e. The van der Waals surface area contributed by atoms with E-state index in [1.807, 2.05) is 4.90 Å². The summed E-state index contributed by atoms with van der Waals surface area (Å²) >= 11 is 0. The molecule has 14 heteroatoms. The van der Waals surface area contributed by atoms with Crippen molar-refractivity contribution in [3.63, 3.8) is 0 Å². The quantitative estimate of drug-likeness (QED) is 0.358. The maximum atomic E-state index is 13.7. The van der Waals surface area contributed by atoms with E-state index in [-0.39, 0.29) is 18.7 Å². The van der Waals surface area contributed by atoms with Gasteiger partial charge in [-0.1, -0.05) is 24.3 Å². The summed E-state index contributed by atoms with van der Waals surface area (Å²) in [6.07, 6.45) is -1.09. The van der Waals surface area contributed by atoms with Crippen molar-refractivity contribution >= 4 is 23.7 Å². The Hall–Kier alpha value is -3.10. The number of ketones is 1. The monoisotopic (exact) mass is 521 g/mol. The fraction of sp³-hybridized carbons (Fsp3) is 0.545. The van der Waals surface area contributed by atoms with Crippen LogP contribution >= 0.6 is 0 Å². The van der Waals surface area contributed by atoms with E-state index in [1.165, 1.54) is 24.3 Å². The molecule has 0 amide bonds. The third-order valence-corrected chi connectivity index (χ3v) is 5.72. The zero-order valence-corrected chi connectivity index (χ0v) is 19.2. The Bertz CT molecular complexity index is 931. The lowest BCUT2D eigenvalue weighted by Crippen LogP contribution is -2.52. The molecule has 0 aromatic heterocycles. The van der Waals surface area contributed by atoms with E-state index in [0.717, 1.165) is 0 Å². The average Bonchev–Trinajstić information content (AvgIpc) is 2.86. The van der Waals surface area contributed by atoms with Crippen molar-refractivity contribution in [3.8, 4) is 0 Å². The summed E-state index contributed by atoms with van der Waals surface area (Å²) in [4.78, 5) is 49.7. The number of aliphatic carboxylic acids is 3. The van der Waals surface area contributed by atoms with Crippen molar-refractivity contribution in [2.75, 3.05) is 52.4 Å². The summed E-state index contributed by atoms with van der Waals surface area (Å²) in [5.41, 5.74) is 0.678. The minimum Gasteiger partial charge on any atom is -0.480 e. The molecular formula is C22H27F4N3O7. The van der Waals surface area contributed by atoms with Gasteiger partial charge in [0.25, 0.3) is 0 Å². The van der Waals surface area contributed by atoms with Crippen molar-refractivity contribution in [2.45, 2.75) is 24.8 Å². The first-order chi connectivity index (χ1) is 16.7. The van der Waals surface area contributed by atoms with E-state index in [1.54, 1.807) is 9.80 Å². The largest absolute Gasteiger partial charge is 0.480 e. The topological polar surface area (TPSA) is 139 Å². The summed E-state index contributed by atoms with van der Waals surface area (Å²) in [6, 6.07) is 5.61. The van der Waals surface area contributed by atoms with Gasteiger partial charge in [-0.2, -0.15) is 17.6 Å². The summed E-state index contributed by atoms with van der Waals surface area (Å²) in [7, 11) is 0. The van der Waals surface area contributed by atoms with Crippen molar-refractivity contribution in [2.24, 2.45) is 0 Å². The molecule has 0 spiro atoms. The van der Waals surface area contributed by atoms with Crippen LogP contribution in [0.2, 0.25) is 0 Å². The van der Waals surface area contributed by atoms with Gasteiger partial charge in [0.1, 0.15) is 0 Å². The van der Waals surface area contributed by atoms with E-state index < -0.39 is 42.0 Å². The van der Waals surface area contributed by atoms with Gasteiger partial charge in [-0.05, 0) is 11.1 Å². The molecule has 1 heterocycles. The Kier molecular flexibility index (Phi) is 9.90. The van der Waals surface area contributed by atoms with E-state index in [9.17, 15) is 36.7 Å². The average molecular weight is 521 g/mol. The molecule has 1 saturated heterocycles. The normalized spacial score (nSPS) is 17.1. The van der Waals surface area contributed by atoms with Crippen LogP contribution in [-0.4, -0.2) is 118 Å². The second kappa shape index (κ2) is 12.2. The molecule has 0 atom stereocenters. The molecular weight excluding hydrogens is 494 g/mol. The molecule has 1 aliphatic heterocycles. The lowest BCUT2D eigenvalue weighted by molar-refractivity contribution is -0.220. The molecule has 1 aromatic rings. The lowest BCUT2D eigenvalue weighted by Gasteiger charge is -2.25. The fourth-order valence-corrected chi connectivity index (χ4v) is 3.67. The molecule has 200 valence electrons. The summed E-state index contributed by atoms with van der Waals surface area (Å²) in [5.74, 6) is -18.2. The first-order valence-corrected chi connectivity index (χ1v) is 10.9. The number of benzene rings is 1. The first kappa shape index (κ1) is 29.1. The van der Waals surface area contributed by atoms with Gasteiger partial charge >= 0.3 is 29.8 Å². The highest BCUT2D eigenvalue weighted by Gasteiger charge is 2.66. The zero-order chi connectivity index (χ0) is 27.1. The molecule has 1 aliphatic rings. The fourth-order valence-electron chi connectivity index (χ4n) is 3.67. The first-order valence-electron chi connectivity index (χ1n) is 10.9. The van der Waals surface area contributed by atoms with Crippen molar-refractivity contribution < 1.29 is 52.1 Å². The van der Waals surface area contributed by atoms with Crippen LogP contribution in [0.3, 0.4) is 0 Å². The van der Waals surface area contributed by atoms with Gasteiger partial charge in [-0.15, -0.1) is 0 Å². The van der Waals surface area contributed by atoms with Crippen LogP contribution in [0.25, 0.3) is 0 Å². The minimum atomic E-state index is -5.53. The van der Waals surface area contributed by atoms with Crippen molar-refractivity contribution in [3.05, 3.63) is 35.4 Å². The van der Waals surface area contributed by atoms with Crippen LogP contribution in [0.4, 0.5) is 17.6 Å². The van der Waals surface area contributed by atoms with E-state index in [4.69, 9.17) is 15.3 Å². The number of hydrogen-bond donors (Lipinski definition) is 3. The van der Waals surface area contributed by atoms with Gasteiger partial charge in [0.15, 0.2) is 0 Å². The Morgan fingerprint density at radius 1 is 0.667 bits per heavy atom. The number of rotatable bonds is 11. The Morgan fingerprint density at radius 2 is 1.06 bits per heavy atom. The van der Waals surface area contributed by atoms with Gasteiger partial charge in [-0.25, -0.2) is 4.79 Å². The number of carbonyl (C=O) groups excluding carboxylic acids is 1. The van der Waals surface area contributed by atoms with Crippen molar-refractivity contribution in [1.82, 2.24) is 14.7 Å². The Labute approximate surface area is 203 Å². The number of Topliss-reactive ketones (excluding diaryl/α,β-unsaturated/α-hetero) is 1. The van der Waals surface area contributed by atoms with Crippen LogP contribution in [0, 0.1) is 0 Å². The van der Waals surface area contributed by atoms with Crippen LogP contribution in [-0.2, 0) is 32.1 Å². The maximum absolute atomic E-state index is 13.7. The Morgan fingerprint density at radius 3 is 1.44 bits per heavy atom. The molecule has 1 aromatic carbocycles. The molecule has 0 unspecified atom stereocenters. The molecule has 2 rings (SSSR count). The minimum absolute atomic E-state index is 0.00523. The third kappa shape index (κ3) is 7.96. The number of carboxylic acids is 3. The van der Waals surface area contributed by atoms with Gasteiger partial charge in [0.2, 0.25) is 5.78 Å². The second-order valence-electron chi connectivity index (χ2n) is 8.49. The van der Waals surface area contributed by atoms with E-state index in [0.29, 0.717) is 51.4 Å². The number of halogens is 4. The summed E-state index contributed by atoms with van der Waals surface area (Å²) in [5, 5.41) is 26.5. The molecule has 10 nitrogen and oxygen atoms in total. The van der Waals surface area contributed by atoms with Crippen LogP contribution in [0.1, 0.15) is 11.1 Å². The number of hydrogen-bond acceptors (Lipinski definition) is 7. The highest BCUT2D eigenvalue weighted by molar-refractivity contribution is 5.94. The number of carboxylic acid groups (broad SMARTS) is 3. The van der Waals surface area contributed by atoms with Gasteiger partial charge in [0.05, 0.1) is 13.1 Å². The molecule has 1 fully saturated rings. The third-order valence-electron chi connectivity index (χ3n) is 5.72. The molecule has 36 heavy (non-hydrogen) atoms. The van der Waals surface area contributed by atoms with Crippen molar-refractivity contribution in [1.29, 1.82) is 0 Å². The lowest BCUT2D eigenvalue weighted by atomic mass is 9.99. The predicted molar refractivity (Wildman–Crippen MR) is 116 cm³/mol. The summed E-state index contributed by atoms with van der Waals surface area (Å²) in [6.45, 7) is 2.42. The van der Waals surface area contributed by atoms with Gasteiger partial charge < -0.3 is 15.3 Å². The van der Waals surface area contributed by atoms with Crippen LogP contribution in [0.5, 0.6) is 0 Å². The highest BCUT2D eigenvalue weighted by Crippen LogP contribution is 2.36. The van der Waals surface area contributed by atoms with Gasteiger partial charge in [0, 0.05) is 52.2 Å². The number of carbonyl (C=O) groups is 4. The molecule has 3 N–H and O–H groups in total. The van der Waals surface area contributed by atoms with E-state index >= 15 is 0 Å². The number of nitrogens with zero attached hydrogens (tertiary/aromatic N) is 3. The zero-order valence-electron chi connectivity index (χ0n) is 19.2.